The zero-order valence-electron chi connectivity index (χ0n) is 9.89. The predicted molar refractivity (Wildman–Crippen MR) is 69.8 cm³/mol. The van der Waals surface area contributed by atoms with Crippen LogP contribution in [0.4, 0.5) is 4.39 Å². The fraction of sp³-hybridized carbons (Fsp3) is 0.538. The highest BCUT2D eigenvalue weighted by Gasteiger charge is 2.19. The third-order valence-corrected chi connectivity index (χ3v) is 4.04. The van der Waals surface area contributed by atoms with E-state index >= 15 is 0 Å². The standard InChI is InChI=1S/C13H17BrFNO/c1-8-10(6-9-4-2-3-5-16-9)13(17)11(14)7-12(8)15/h7,9,16-17H,2-6H2,1H3. The Hall–Kier alpha value is -0.610. The van der Waals surface area contributed by atoms with Crippen LogP contribution in [0.25, 0.3) is 0 Å². The van der Waals surface area contributed by atoms with Gasteiger partial charge in [0.05, 0.1) is 4.47 Å². The Labute approximate surface area is 109 Å². The largest absolute Gasteiger partial charge is 0.506 e. The Morgan fingerprint density at radius 3 is 2.94 bits per heavy atom. The molecule has 0 aromatic heterocycles. The minimum absolute atomic E-state index is 0.177. The lowest BCUT2D eigenvalue weighted by molar-refractivity contribution is 0.389. The summed E-state index contributed by atoms with van der Waals surface area (Å²) in [5, 5.41) is 13.4. The highest BCUT2D eigenvalue weighted by Crippen LogP contribution is 2.33. The van der Waals surface area contributed by atoms with Gasteiger partial charge < -0.3 is 10.4 Å². The van der Waals surface area contributed by atoms with Crippen molar-refractivity contribution in [1.82, 2.24) is 5.32 Å². The number of halogens is 2. The Balaban J connectivity index is 2.24. The Morgan fingerprint density at radius 1 is 1.53 bits per heavy atom. The normalized spacial score (nSPS) is 20.5. The van der Waals surface area contributed by atoms with Crippen LogP contribution in [0, 0.1) is 12.7 Å². The SMILES string of the molecule is Cc1c(F)cc(Br)c(O)c1CC1CCCCN1. The molecule has 1 aromatic rings. The lowest BCUT2D eigenvalue weighted by atomic mass is 9.94. The molecule has 1 unspecified atom stereocenters. The summed E-state index contributed by atoms with van der Waals surface area (Å²) >= 11 is 3.19. The quantitative estimate of drug-likeness (QED) is 0.878. The highest BCUT2D eigenvalue weighted by molar-refractivity contribution is 9.10. The van der Waals surface area contributed by atoms with Crippen molar-refractivity contribution in [3.8, 4) is 5.75 Å². The lowest BCUT2D eigenvalue weighted by Gasteiger charge is -2.24. The molecule has 4 heteroatoms. The van der Waals surface area contributed by atoms with Crippen molar-refractivity contribution in [2.24, 2.45) is 0 Å². The van der Waals surface area contributed by atoms with Gasteiger partial charge in [-0.3, -0.25) is 0 Å². The van der Waals surface area contributed by atoms with Gasteiger partial charge in [-0.2, -0.15) is 0 Å². The highest BCUT2D eigenvalue weighted by atomic mass is 79.9. The van der Waals surface area contributed by atoms with Crippen LogP contribution in [-0.2, 0) is 6.42 Å². The monoisotopic (exact) mass is 301 g/mol. The zero-order chi connectivity index (χ0) is 12.4. The zero-order valence-corrected chi connectivity index (χ0v) is 11.5. The maximum atomic E-state index is 13.6. The van der Waals surface area contributed by atoms with E-state index < -0.39 is 0 Å². The molecule has 2 N–H and O–H groups in total. The molecule has 0 bridgehead atoms. The third-order valence-electron chi connectivity index (χ3n) is 3.44. The molecule has 2 rings (SSSR count). The number of piperidine rings is 1. The van der Waals surface area contributed by atoms with Crippen molar-refractivity contribution in [2.75, 3.05) is 6.54 Å². The second-order valence-corrected chi connectivity index (χ2v) is 5.50. The van der Waals surface area contributed by atoms with Crippen molar-refractivity contribution in [1.29, 1.82) is 0 Å². The number of aromatic hydroxyl groups is 1. The van der Waals surface area contributed by atoms with E-state index in [0.29, 0.717) is 22.5 Å². The van der Waals surface area contributed by atoms with Gasteiger partial charge >= 0.3 is 0 Å². The van der Waals surface area contributed by atoms with Gasteiger partial charge in [-0.25, -0.2) is 4.39 Å². The van der Waals surface area contributed by atoms with Crippen LogP contribution in [0.1, 0.15) is 30.4 Å². The van der Waals surface area contributed by atoms with Gasteiger partial charge in [0.2, 0.25) is 0 Å². The Morgan fingerprint density at radius 2 is 2.29 bits per heavy atom. The molecule has 1 aromatic carbocycles. The van der Waals surface area contributed by atoms with Crippen molar-refractivity contribution >= 4 is 15.9 Å². The summed E-state index contributed by atoms with van der Waals surface area (Å²) in [4.78, 5) is 0. The molecule has 0 amide bonds. The van der Waals surface area contributed by atoms with Gasteiger partial charge in [-0.1, -0.05) is 6.42 Å². The molecule has 1 fully saturated rings. The second-order valence-electron chi connectivity index (χ2n) is 4.64. The van der Waals surface area contributed by atoms with Gasteiger partial charge in [-0.15, -0.1) is 0 Å². The maximum Gasteiger partial charge on any atom is 0.133 e. The molecular weight excluding hydrogens is 285 g/mol. The minimum Gasteiger partial charge on any atom is -0.506 e. The van der Waals surface area contributed by atoms with Crippen molar-refractivity contribution < 1.29 is 9.50 Å². The molecule has 1 atom stereocenters. The van der Waals surface area contributed by atoms with Crippen LogP contribution in [0.2, 0.25) is 0 Å². The van der Waals surface area contributed by atoms with E-state index in [1.54, 1.807) is 6.92 Å². The molecule has 1 aliphatic rings. The Bertz CT molecular complexity index is 390. The molecule has 94 valence electrons. The summed E-state index contributed by atoms with van der Waals surface area (Å²) in [6.45, 7) is 2.74. The van der Waals surface area contributed by atoms with Crippen LogP contribution in [0.3, 0.4) is 0 Å². The first kappa shape index (κ1) is 12.8. The van der Waals surface area contributed by atoms with Crippen LogP contribution < -0.4 is 5.32 Å². The van der Waals surface area contributed by atoms with E-state index in [-0.39, 0.29) is 11.6 Å². The predicted octanol–water partition coefficient (Wildman–Crippen LogP) is 3.29. The van der Waals surface area contributed by atoms with Gasteiger partial charge in [0, 0.05) is 11.6 Å². The van der Waals surface area contributed by atoms with Crippen LogP contribution in [-0.4, -0.2) is 17.7 Å². The van der Waals surface area contributed by atoms with Gasteiger partial charge in [0.25, 0.3) is 0 Å². The van der Waals surface area contributed by atoms with E-state index in [1.807, 2.05) is 0 Å². The summed E-state index contributed by atoms with van der Waals surface area (Å²) in [5.74, 6) is -0.0863. The number of phenolic OH excluding ortho intramolecular Hbond substituents is 1. The molecule has 1 heterocycles. The first-order valence-corrected chi connectivity index (χ1v) is 6.78. The fourth-order valence-electron chi connectivity index (χ4n) is 2.35. The molecule has 1 saturated heterocycles. The lowest BCUT2D eigenvalue weighted by Crippen LogP contribution is -2.35. The first-order chi connectivity index (χ1) is 8.09. The topological polar surface area (TPSA) is 32.3 Å². The molecule has 0 aliphatic carbocycles. The third kappa shape index (κ3) is 2.80. The first-order valence-electron chi connectivity index (χ1n) is 5.99. The van der Waals surface area contributed by atoms with Gasteiger partial charge in [0.15, 0.2) is 0 Å². The van der Waals surface area contributed by atoms with Crippen molar-refractivity contribution in [2.45, 2.75) is 38.6 Å². The number of phenols is 1. The maximum absolute atomic E-state index is 13.6. The van der Waals surface area contributed by atoms with Crippen LogP contribution in [0.15, 0.2) is 10.5 Å². The molecule has 17 heavy (non-hydrogen) atoms. The van der Waals surface area contributed by atoms with Crippen molar-refractivity contribution in [3.63, 3.8) is 0 Å². The van der Waals surface area contributed by atoms with E-state index in [0.717, 1.165) is 18.5 Å². The summed E-state index contributed by atoms with van der Waals surface area (Å²) in [6.07, 6.45) is 4.18. The van der Waals surface area contributed by atoms with E-state index in [1.165, 1.54) is 18.9 Å². The van der Waals surface area contributed by atoms with E-state index in [4.69, 9.17) is 0 Å². The molecule has 2 nitrogen and oxygen atoms in total. The van der Waals surface area contributed by atoms with Crippen LogP contribution in [0.5, 0.6) is 5.75 Å². The Kier molecular flexibility index (Phi) is 4.05. The second kappa shape index (κ2) is 5.36. The van der Waals surface area contributed by atoms with Crippen LogP contribution >= 0.6 is 15.9 Å². The molecular formula is C13H17BrFNO. The van der Waals surface area contributed by atoms with Crippen molar-refractivity contribution in [3.05, 3.63) is 27.5 Å². The molecule has 1 aliphatic heterocycles. The summed E-state index contributed by atoms with van der Waals surface area (Å²) in [7, 11) is 0. The number of nitrogens with one attached hydrogen (secondary N) is 1. The smallest absolute Gasteiger partial charge is 0.133 e. The fourth-order valence-corrected chi connectivity index (χ4v) is 2.79. The van der Waals surface area contributed by atoms with E-state index in [2.05, 4.69) is 21.2 Å². The van der Waals surface area contributed by atoms with E-state index in [9.17, 15) is 9.50 Å². The average Bonchev–Trinajstić information content (AvgIpc) is 2.33. The number of hydrogen-bond donors (Lipinski definition) is 2. The summed E-state index contributed by atoms with van der Waals surface area (Å²) in [5.41, 5.74) is 1.27. The minimum atomic E-state index is -0.263. The molecule has 0 spiro atoms. The average molecular weight is 302 g/mol. The number of rotatable bonds is 2. The number of benzene rings is 1. The summed E-state index contributed by atoms with van der Waals surface area (Å²) < 4.78 is 14.0. The molecule has 0 saturated carbocycles. The summed E-state index contributed by atoms with van der Waals surface area (Å²) in [6, 6.07) is 1.67. The van der Waals surface area contributed by atoms with Gasteiger partial charge in [-0.05, 0) is 60.3 Å². The molecule has 0 radical (unpaired) electrons. The van der Waals surface area contributed by atoms with Gasteiger partial charge in [0.1, 0.15) is 11.6 Å². The number of hydrogen-bond acceptors (Lipinski definition) is 2.